The van der Waals surface area contributed by atoms with Crippen LogP contribution in [-0.2, 0) is 19.4 Å². The first-order chi connectivity index (χ1) is 8.04. The lowest BCUT2D eigenvalue weighted by Crippen LogP contribution is -2.12. The number of hydrogen-bond acceptors (Lipinski definition) is 4. The van der Waals surface area contributed by atoms with Gasteiger partial charge in [-0.2, -0.15) is 5.10 Å². The first kappa shape index (κ1) is 13.4. The van der Waals surface area contributed by atoms with E-state index >= 15 is 0 Å². The molecule has 17 heavy (non-hydrogen) atoms. The zero-order valence-corrected chi connectivity index (χ0v) is 10.3. The van der Waals surface area contributed by atoms with E-state index in [-0.39, 0.29) is 10.6 Å². The Bertz CT molecular complexity index is 437. The highest BCUT2D eigenvalue weighted by Gasteiger charge is 2.25. The van der Waals surface area contributed by atoms with E-state index in [0.29, 0.717) is 37.3 Å². The molecular formula is C11H18N4O2. The van der Waals surface area contributed by atoms with Crippen molar-refractivity contribution in [2.45, 2.75) is 33.2 Å². The highest BCUT2D eigenvalue weighted by Crippen LogP contribution is 2.25. The van der Waals surface area contributed by atoms with E-state index in [1.54, 1.807) is 4.68 Å². The standard InChI is InChI=1S/C11H18N4O2/c1-4-9-11(15(16)17)10(5-2)14(13-9)7-8(3)6-12/h3-7,12H2,1-2H3. The molecule has 6 nitrogen and oxygen atoms in total. The summed E-state index contributed by atoms with van der Waals surface area (Å²) in [4.78, 5) is 10.7. The molecule has 1 rings (SSSR count). The van der Waals surface area contributed by atoms with Crippen LogP contribution in [0.3, 0.4) is 0 Å². The fourth-order valence-corrected chi connectivity index (χ4v) is 1.75. The number of aryl methyl sites for hydroxylation is 1. The van der Waals surface area contributed by atoms with Gasteiger partial charge in [-0.1, -0.05) is 20.4 Å². The molecule has 1 aromatic rings. The lowest BCUT2D eigenvalue weighted by atomic mass is 10.2. The number of nitrogens with two attached hydrogens (primary N) is 1. The van der Waals surface area contributed by atoms with Gasteiger partial charge in [0.1, 0.15) is 11.4 Å². The zero-order valence-electron chi connectivity index (χ0n) is 10.3. The van der Waals surface area contributed by atoms with Crippen LogP contribution in [0.2, 0.25) is 0 Å². The van der Waals surface area contributed by atoms with Gasteiger partial charge in [-0.25, -0.2) is 0 Å². The quantitative estimate of drug-likeness (QED) is 0.461. The Hall–Kier alpha value is -1.69. The number of rotatable bonds is 6. The van der Waals surface area contributed by atoms with Crippen molar-refractivity contribution in [2.75, 3.05) is 6.54 Å². The topological polar surface area (TPSA) is 87.0 Å². The van der Waals surface area contributed by atoms with Crippen LogP contribution >= 0.6 is 0 Å². The van der Waals surface area contributed by atoms with E-state index in [0.717, 1.165) is 5.57 Å². The lowest BCUT2D eigenvalue weighted by molar-refractivity contribution is -0.386. The van der Waals surface area contributed by atoms with Crippen LogP contribution in [0, 0.1) is 10.1 Å². The van der Waals surface area contributed by atoms with Gasteiger partial charge in [0.25, 0.3) is 0 Å². The number of nitro groups is 1. The van der Waals surface area contributed by atoms with Crippen molar-refractivity contribution in [3.8, 4) is 0 Å². The average Bonchev–Trinajstić information content (AvgIpc) is 2.66. The molecule has 1 aromatic heterocycles. The molecular weight excluding hydrogens is 220 g/mol. The number of hydrogen-bond donors (Lipinski definition) is 1. The molecule has 0 bridgehead atoms. The fraction of sp³-hybridized carbons (Fsp3) is 0.545. The van der Waals surface area contributed by atoms with Crippen molar-refractivity contribution in [3.05, 3.63) is 33.7 Å². The molecule has 1 heterocycles. The summed E-state index contributed by atoms with van der Waals surface area (Å²) < 4.78 is 1.64. The number of nitrogens with zero attached hydrogens (tertiary/aromatic N) is 3. The molecule has 6 heteroatoms. The normalized spacial score (nSPS) is 10.5. The van der Waals surface area contributed by atoms with Crippen LogP contribution in [0.4, 0.5) is 5.69 Å². The van der Waals surface area contributed by atoms with Crippen LogP contribution < -0.4 is 5.73 Å². The summed E-state index contributed by atoms with van der Waals surface area (Å²) >= 11 is 0. The average molecular weight is 238 g/mol. The Morgan fingerprint density at radius 1 is 1.53 bits per heavy atom. The third kappa shape index (κ3) is 2.71. The maximum atomic E-state index is 11.0. The SMILES string of the molecule is C=C(CN)Cn1nc(CC)c([N+](=O)[O-])c1CC. The van der Waals surface area contributed by atoms with Crippen molar-refractivity contribution in [3.63, 3.8) is 0 Å². The third-order valence-electron chi connectivity index (χ3n) is 2.61. The van der Waals surface area contributed by atoms with E-state index < -0.39 is 0 Å². The molecule has 0 amide bonds. The molecule has 0 spiro atoms. The minimum Gasteiger partial charge on any atom is -0.327 e. The second-order valence-electron chi connectivity index (χ2n) is 3.82. The Labute approximate surface area is 100 Å². The Morgan fingerprint density at radius 3 is 2.59 bits per heavy atom. The Morgan fingerprint density at radius 2 is 2.18 bits per heavy atom. The third-order valence-corrected chi connectivity index (χ3v) is 2.61. The van der Waals surface area contributed by atoms with Gasteiger partial charge in [-0.05, 0) is 18.4 Å². The van der Waals surface area contributed by atoms with Crippen molar-refractivity contribution in [2.24, 2.45) is 5.73 Å². The summed E-state index contributed by atoms with van der Waals surface area (Å²) in [5.41, 5.74) is 7.58. The van der Waals surface area contributed by atoms with Gasteiger partial charge in [-0.15, -0.1) is 0 Å². The second kappa shape index (κ2) is 5.58. The predicted molar refractivity (Wildman–Crippen MR) is 65.8 cm³/mol. The zero-order chi connectivity index (χ0) is 13.0. The highest BCUT2D eigenvalue weighted by atomic mass is 16.6. The molecule has 0 aromatic carbocycles. The maximum absolute atomic E-state index is 11.0. The molecule has 0 saturated carbocycles. The monoisotopic (exact) mass is 238 g/mol. The molecule has 0 aliphatic heterocycles. The van der Waals surface area contributed by atoms with Gasteiger partial charge in [0.15, 0.2) is 0 Å². The molecule has 0 aliphatic rings. The largest absolute Gasteiger partial charge is 0.327 e. The smallest absolute Gasteiger partial charge is 0.313 e. The summed E-state index contributed by atoms with van der Waals surface area (Å²) in [5.74, 6) is 0. The Balaban J connectivity index is 3.22. The fourth-order valence-electron chi connectivity index (χ4n) is 1.75. The lowest BCUT2D eigenvalue weighted by Gasteiger charge is -2.05. The van der Waals surface area contributed by atoms with Gasteiger partial charge in [0.2, 0.25) is 0 Å². The minimum absolute atomic E-state index is 0.139. The summed E-state index contributed by atoms with van der Waals surface area (Å²) in [6, 6.07) is 0. The molecule has 0 aliphatic carbocycles. The van der Waals surface area contributed by atoms with Gasteiger partial charge in [0.05, 0.1) is 11.5 Å². The number of aromatic nitrogens is 2. The van der Waals surface area contributed by atoms with E-state index in [2.05, 4.69) is 11.7 Å². The van der Waals surface area contributed by atoms with Gasteiger partial charge < -0.3 is 5.73 Å². The van der Waals surface area contributed by atoms with Crippen LogP contribution in [0.25, 0.3) is 0 Å². The Kier molecular flexibility index (Phi) is 4.39. The van der Waals surface area contributed by atoms with Crippen LogP contribution in [0.1, 0.15) is 25.2 Å². The van der Waals surface area contributed by atoms with E-state index in [4.69, 9.17) is 5.73 Å². The van der Waals surface area contributed by atoms with Gasteiger partial charge >= 0.3 is 5.69 Å². The minimum atomic E-state index is -0.355. The van der Waals surface area contributed by atoms with Crippen molar-refractivity contribution >= 4 is 5.69 Å². The second-order valence-corrected chi connectivity index (χ2v) is 3.82. The van der Waals surface area contributed by atoms with Crippen LogP contribution in [0.15, 0.2) is 12.2 Å². The molecule has 94 valence electrons. The van der Waals surface area contributed by atoms with Gasteiger partial charge in [0, 0.05) is 6.54 Å². The molecule has 0 saturated heterocycles. The van der Waals surface area contributed by atoms with Crippen molar-refractivity contribution in [1.29, 1.82) is 0 Å². The molecule has 2 N–H and O–H groups in total. The van der Waals surface area contributed by atoms with Gasteiger partial charge in [-0.3, -0.25) is 14.8 Å². The molecule has 0 radical (unpaired) electrons. The summed E-state index contributed by atoms with van der Waals surface area (Å²) in [6.45, 7) is 8.34. The summed E-state index contributed by atoms with van der Waals surface area (Å²) in [7, 11) is 0. The highest BCUT2D eigenvalue weighted by molar-refractivity contribution is 5.41. The van der Waals surface area contributed by atoms with E-state index in [1.165, 1.54) is 0 Å². The van der Waals surface area contributed by atoms with E-state index in [1.807, 2.05) is 13.8 Å². The van der Waals surface area contributed by atoms with E-state index in [9.17, 15) is 10.1 Å². The summed E-state index contributed by atoms with van der Waals surface area (Å²) in [5, 5.41) is 15.3. The molecule has 0 atom stereocenters. The summed E-state index contributed by atoms with van der Waals surface area (Å²) in [6.07, 6.45) is 1.12. The van der Waals surface area contributed by atoms with Crippen molar-refractivity contribution in [1.82, 2.24) is 9.78 Å². The first-order valence-electron chi connectivity index (χ1n) is 5.64. The van der Waals surface area contributed by atoms with Crippen molar-refractivity contribution < 1.29 is 4.92 Å². The molecule has 0 fully saturated rings. The maximum Gasteiger partial charge on any atom is 0.313 e. The predicted octanol–water partition coefficient (Wildman–Crippen LogP) is 1.43. The van der Waals surface area contributed by atoms with Crippen LogP contribution in [0.5, 0.6) is 0 Å². The first-order valence-corrected chi connectivity index (χ1v) is 5.64. The molecule has 0 unspecified atom stereocenters. The van der Waals surface area contributed by atoms with Crippen LogP contribution in [-0.4, -0.2) is 21.2 Å².